The van der Waals surface area contributed by atoms with Gasteiger partial charge in [0.25, 0.3) is 0 Å². The number of rotatable bonds is 4. The molecule has 0 radical (unpaired) electrons. The topological polar surface area (TPSA) is 61.4 Å². The minimum atomic E-state index is -0.295. The zero-order chi connectivity index (χ0) is 13.5. The maximum Gasteiger partial charge on any atom is 0.323 e. The molecule has 2 aromatic rings. The van der Waals surface area contributed by atoms with Crippen molar-refractivity contribution >= 4 is 17.4 Å². The van der Waals surface area contributed by atoms with Gasteiger partial charge in [0.2, 0.25) is 0 Å². The first kappa shape index (κ1) is 13.1. The summed E-state index contributed by atoms with van der Waals surface area (Å²) in [6, 6.07) is 16.4. The lowest BCUT2D eigenvalue weighted by molar-refractivity contribution is 0.262. The molecule has 2 amide bonds. The number of hydrogen-bond acceptors (Lipinski definition) is 2. The van der Waals surface area contributed by atoms with Crippen molar-refractivity contribution in [2.75, 3.05) is 17.2 Å². The number of urea groups is 1. The molecule has 0 aliphatic heterocycles. The lowest BCUT2D eigenvalue weighted by Gasteiger charge is -2.11. The molecule has 0 aromatic heterocycles. The quantitative estimate of drug-likeness (QED) is 0.787. The summed E-state index contributed by atoms with van der Waals surface area (Å²) in [5.41, 5.74) is 2.36. The zero-order valence-corrected chi connectivity index (χ0v) is 10.5. The van der Waals surface area contributed by atoms with Crippen molar-refractivity contribution < 1.29 is 9.90 Å². The predicted molar refractivity (Wildman–Crippen MR) is 76.3 cm³/mol. The van der Waals surface area contributed by atoms with Crippen LogP contribution in [0, 0.1) is 0 Å². The molecule has 0 saturated heterocycles. The second kappa shape index (κ2) is 6.56. The van der Waals surface area contributed by atoms with Crippen LogP contribution in [0.15, 0.2) is 54.6 Å². The Kier molecular flexibility index (Phi) is 4.53. The van der Waals surface area contributed by atoms with E-state index in [-0.39, 0.29) is 12.6 Å². The second-order valence-corrected chi connectivity index (χ2v) is 4.08. The summed E-state index contributed by atoms with van der Waals surface area (Å²) in [6.45, 7) is 0.0546. The summed E-state index contributed by atoms with van der Waals surface area (Å²) >= 11 is 0. The molecule has 0 atom stereocenters. The maximum absolute atomic E-state index is 11.9. The van der Waals surface area contributed by atoms with Gasteiger partial charge in [0.1, 0.15) is 0 Å². The Labute approximate surface area is 112 Å². The van der Waals surface area contributed by atoms with Crippen LogP contribution >= 0.6 is 0 Å². The Bertz CT molecular complexity index is 541. The average molecular weight is 256 g/mol. The molecule has 2 rings (SSSR count). The van der Waals surface area contributed by atoms with Crippen LogP contribution in [0.1, 0.15) is 5.56 Å². The van der Waals surface area contributed by atoms with Gasteiger partial charge in [-0.3, -0.25) is 0 Å². The lowest BCUT2D eigenvalue weighted by Crippen LogP contribution is -2.20. The maximum atomic E-state index is 11.9. The third kappa shape index (κ3) is 3.82. The van der Waals surface area contributed by atoms with Gasteiger partial charge in [-0.15, -0.1) is 0 Å². The molecule has 4 heteroatoms. The van der Waals surface area contributed by atoms with Crippen LogP contribution in [-0.4, -0.2) is 17.7 Å². The summed E-state index contributed by atoms with van der Waals surface area (Å²) in [6.07, 6.45) is 0.516. The summed E-state index contributed by atoms with van der Waals surface area (Å²) in [5, 5.41) is 14.5. The molecule has 0 aliphatic carbocycles. The van der Waals surface area contributed by atoms with Crippen molar-refractivity contribution in [2.24, 2.45) is 0 Å². The fraction of sp³-hybridized carbons (Fsp3) is 0.133. The van der Waals surface area contributed by atoms with E-state index in [1.807, 2.05) is 54.6 Å². The first-order valence-electron chi connectivity index (χ1n) is 6.11. The van der Waals surface area contributed by atoms with Crippen molar-refractivity contribution in [1.29, 1.82) is 0 Å². The van der Waals surface area contributed by atoms with Gasteiger partial charge in [0.15, 0.2) is 0 Å². The van der Waals surface area contributed by atoms with E-state index in [1.54, 1.807) is 0 Å². The van der Waals surface area contributed by atoms with Crippen LogP contribution in [-0.2, 0) is 6.42 Å². The molecule has 0 unspecified atom stereocenters. The number of carbonyl (C=O) groups is 1. The molecule has 0 spiro atoms. The van der Waals surface area contributed by atoms with Gasteiger partial charge in [-0.1, -0.05) is 36.4 Å². The number of carbonyl (C=O) groups excluding carboxylic acids is 1. The summed E-state index contributed by atoms with van der Waals surface area (Å²) in [4.78, 5) is 11.9. The molecule has 0 bridgehead atoms. The highest BCUT2D eigenvalue weighted by atomic mass is 16.3. The Hall–Kier alpha value is -2.33. The first-order valence-corrected chi connectivity index (χ1v) is 6.11. The van der Waals surface area contributed by atoms with E-state index < -0.39 is 0 Å². The molecule has 3 N–H and O–H groups in total. The minimum absolute atomic E-state index is 0.0546. The Balaban J connectivity index is 2.03. The molecule has 19 heavy (non-hydrogen) atoms. The van der Waals surface area contributed by atoms with Crippen LogP contribution in [0.2, 0.25) is 0 Å². The summed E-state index contributed by atoms with van der Waals surface area (Å²) in [7, 11) is 0. The highest BCUT2D eigenvalue weighted by Gasteiger charge is 2.05. The lowest BCUT2D eigenvalue weighted by atomic mass is 10.1. The largest absolute Gasteiger partial charge is 0.396 e. The van der Waals surface area contributed by atoms with Gasteiger partial charge >= 0.3 is 6.03 Å². The van der Waals surface area contributed by atoms with Gasteiger partial charge in [0, 0.05) is 18.0 Å². The standard InChI is InChI=1S/C15H16N2O2/c18-11-10-12-6-4-5-9-14(12)17-15(19)16-13-7-2-1-3-8-13/h1-9,18H,10-11H2,(H2,16,17,19). The number of hydrogen-bond donors (Lipinski definition) is 3. The number of anilines is 2. The highest BCUT2D eigenvalue weighted by molar-refractivity contribution is 6.00. The van der Waals surface area contributed by atoms with Crippen molar-refractivity contribution in [1.82, 2.24) is 0 Å². The van der Waals surface area contributed by atoms with Gasteiger partial charge in [-0.25, -0.2) is 4.79 Å². The van der Waals surface area contributed by atoms with Gasteiger partial charge in [-0.05, 0) is 30.2 Å². The van der Waals surface area contributed by atoms with E-state index in [1.165, 1.54) is 0 Å². The number of aliphatic hydroxyl groups is 1. The SMILES string of the molecule is O=C(Nc1ccccc1)Nc1ccccc1CCO. The third-order valence-corrected chi connectivity index (χ3v) is 2.68. The number of aliphatic hydroxyl groups excluding tert-OH is 1. The smallest absolute Gasteiger partial charge is 0.323 e. The molecular formula is C15H16N2O2. The van der Waals surface area contributed by atoms with E-state index in [0.717, 1.165) is 11.3 Å². The Morgan fingerprint density at radius 2 is 1.63 bits per heavy atom. The van der Waals surface area contributed by atoms with Crippen LogP contribution in [0.5, 0.6) is 0 Å². The van der Waals surface area contributed by atoms with Crippen molar-refractivity contribution in [2.45, 2.75) is 6.42 Å². The summed E-state index contributed by atoms with van der Waals surface area (Å²) in [5.74, 6) is 0. The van der Waals surface area contributed by atoms with Gasteiger partial charge < -0.3 is 15.7 Å². The number of benzene rings is 2. The second-order valence-electron chi connectivity index (χ2n) is 4.08. The molecule has 98 valence electrons. The molecule has 0 aliphatic rings. The molecule has 0 fully saturated rings. The van der Waals surface area contributed by atoms with Crippen LogP contribution in [0.4, 0.5) is 16.2 Å². The van der Waals surface area contributed by atoms with E-state index in [9.17, 15) is 4.79 Å². The van der Waals surface area contributed by atoms with Crippen LogP contribution < -0.4 is 10.6 Å². The predicted octanol–water partition coefficient (Wildman–Crippen LogP) is 2.87. The molecule has 0 heterocycles. The third-order valence-electron chi connectivity index (χ3n) is 2.68. The number of nitrogens with one attached hydrogen (secondary N) is 2. The Morgan fingerprint density at radius 3 is 2.37 bits per heavy atom. The van der Waals surface area contributed by atoms with Crippen LogP contribution in [0.25, 0.3) is 0 Å². The minimum Gasteiger partial charge on any atom is -0.396 e. The van der Waals surface area contributed by atoms with Crippen molar-refractivity contribution in [3.05, 3.63) is 60.2 Å². The normalized spacial score (nSPS) is 9.95. The van der Waals surface area contributed by atoms with Crippen molar-refractivity contribution in [3.8, 4) is 0 Å². The average Bonchev–Trinajstić information content (AvgIpc) is 2.42. The van der Waals surface area contributed by atoms with Gasteiger partial charge in [0.05, 0.1) is 0 Å². The van der Waals surface area contributed by atoms with E-state index in [4.69, 9.17) is 5.11 Å². The van der Waals surface area contributed by atoms with Gasteiger partial charge in [-0.2, -0.15) is 0 Å². The van der Waals surface area contributed by atoms with Crippen molar-refractivity contribution in [3.63, 3.8) is 0 Å². The monoisotopic (exact) mass is 256 g/mol. The van der Waals surface area contributed by atoms with Crippen LogP contribution in [0.3, 0.4) is 0 Å². The highest BCUT2D eigenvalue weighted by Crippen LogP contribution is 2.16. The fourth-order valence-corrected chi connectivity index (χ4v) is 1.79. The van der Waals surface area contributed by atoms with E-state index in [0.29, 0.717) is 12.1 Å². The fourth-order valence-electron chi connectivity index (χ4n) is 1.79. The molecule has 4 nitrogen and oxygen atoms in total. The number of amides is 2. The Morgan fingerprint density at radius 1 is 0.947 bits per heavy atom. The summed E-state index contributed by atoms with van der Waals surface area (Å²) < 4.78 is 0. The molecule has 0 saturated carbocycles. The first-order chi connectivity index (χ1) is 9.29. The van der Waals surface area contributed by atoms with E-state index >= 15 is 0 Å². The van der Waals surface area contributed by atoms with E-state index in [2.05, 4.69) is 10.6 Å². The zero-order valence-electron chi connectivity index (χ0n) is 10.5. The number of para-hydroxylation sites is 2. The molecular weight excluding hydrogens is 240 g/mol. The molecule has 2 aromatic carbocycles.